The van der Waals surface area contributed by atoms with Gasteiger partial charge in [0.05, 0.1) is 6.10 Å². The predicted molar refractivity (Wildman–Crippen MR) is 30.9 cm³/mol. The van der Waals surface area contributed by atoms with Gasteiger partial charge in [-0.3, -0.25) is 0 Å². The van der Waals surface area contributed by atoms with Crippen LogP contribution in [0.3, 0.4) is 0 Å². The first-order chi connectivity index (χ1) is 3.27. The van der Waals surface area contributed by atoms with Crippen molar-refractivity contribution in [3.05, 3.63) is 6.92 Å². The van der Waals surface area contributed by atoms with E-state index in [0.29, 0.717) is 0 Å². The molecular weight excluding hydrogens is 88.1 g/mol. The van der Waals surface area contributed by atoms with Crippen LogP contribution in [0.1, 0.15) is 26.2 Å². The van der Waals surface area contributed by atoms with Crippen molar-refractivity contribution < 1.29 is 5.11 Å². The van der Waals surface area contributed by atoms with Crippen LogP contribution in [0.15, 0.2) is 0 Å². The smallest absolute Gasteiger partial charge is 0.0541 e. The van der Waals surface area contributed by atoms with Gasteiger partial charge in [0.2, 0.25) is 0 Å². The molecule has 0 unspecified atom stereocenters. The van der Waals surface area contributed by atoms with Crippen LogP contribution in [0.4, 0.5) is 0 Å². The van der Waals surface area contributed by atoms with E-state index in [0.717, 1.165) is 19.3 Å². The van der Waals surface area contributed by atoms with E-state index in [1.54, 1.807) is 0 Å². The molecule has 0 spiro atoms. The first kappa shape index (κ1) is 6.96. The molecule has 0 aliphatic heterocycles. The van der Waals surface area contributed by atoms with Crippen molar-refractivity contribution in [1.29, 1.82) is 0 Å². The summed E-state index contributed by atoms with van der Waals surface area (Å²) in [5.41, 5.74) is 0. The van der Waals surface area contributed by atoms with Gasteiger partial charge in [0.25, 0.3) is 0 Å². The van der Waals surface area contributed by atoms with Gasteiger partial charge in [-0.05, 0) is 13.3 Å². The van der Waals surface area contributed by atoms with Gasteiger partial charge in [-0.2, -0.15) is 0 Å². The summed E-state index contributed by atoms with van der Waals surface area (Å²) in [6.45, 7) is 5.53. The Hall–Kier alpha value is -0.0400. The first-order valence-corrected chi connectivity index (χ1v) is 2.78. The molecule has 0 aromatic heterocycles. The lowest BCUT2D eigenvalue weighted by molar-refractivity contribution is 0.206. The fourth-order valence-corrected chi connectivity index (χ4v) is 0.440. The molecule has 7 heavy (non-hydrogen) atoms. The maximum Gasteiger partial charge on any atom is 0.0541 e. The van der Waals surface area contributed by atoms with Gasteiger partial charge in [-0.25, -0.2) is 0 Å². The van der Waals surface area contributed by atoms with E-state index < -0.39 is 0 Å². The summed E-state index contributed by atoms with van der Waals surface area (Å²) in [6, 6.07) is 0. The first-order valence-electron chi connectivity index (χ1n) is 2.78. The maximum atomic E-state index is 8.57. The lowest BCUT2D eigenvalue weighted by atomic mass is 10.2. The Labute approximate surface area is 45.4 Å². The van der Waals surface area contributed by atoms with Gasteiger partial charge >= 0.3 is 0 Å². The molecule has 0 saturated carbocycles. The number of rotatable bonds is 3. The summed E-state index contributed by atoms with van der Waals surface area (Å²) < 4.78 is 0. The minimum Gasteiger partial charge on any atom is -0.393 e. The molecule has 0 aliphatic carbocycles. The molecule has 0 amide bonds. The highest BCUT2D eigenvalue weighted by atomic mass is 16.3. The summed E-state index contributed by atoms with van der Waals surface area (Å²) in [6.07, 6.45) is 2.73. The molecule has 1 heteroatoms. The van der Waals surface area contributed by atoms with E-state index >= 15 is 0 Å². The van der Waals surface area contributed by atoms with E-state index in [1.165, 1.54) is 0 Å². The normalized spacial score (nSPS) is 14.1. The minimum atomic E-state index is -0.347. The van der Waals surface area contributed by atoms with Crippen LogP contribution in [0, 0.1) is 6.92 Å². The number of aliphatic hydroxyl groups is 1. The van der Waals surface area contributed by atoms with Crippen molar-refractivity contribution in [1.82, 2.24) is 0 Å². The Bertz CT molecular complexity index is 33.2. The van der Waals surface area contributed by atoms with Crippen molar-refractivity contribution in [3.63, 3.8) is 0 Å². The molecule has 0 fully saturated rings. The summed E-state index contributed by atoms with van der Waals surface area (Å²) in [7, 11) is 0. The topological polar surface area (TPSA) is 20.2 Å². The van der Waals surface area contributed by atoms with Gasteiger partial charge in [0.1, 0.15) is 0 Å². The summed E-state index contributed by atoms with van der Waals surface area (Å²) in [4.78, 5) is 0. The summed E-state index contributed by atoms with van der Waals surface area (Å²) >= 11 is 0. The average Bonchev–Trinajstić information content (AvgIpc) is 1.61. The summed E-state index contributed by atoms with van der Waals surface area (Å²) in [5.74, 6) is 0. The lowest BCUT2D eigenvalue weighted by Crippen LogP contribution is -1.97. The summed E-state index contributed by atoms with van der Waals surface area (Å²) in [5, 5.41) is 8.57. The predicted octanol–water partition coefficient (Wildman–Crippen LogP) is 1.37. The molecule has 0 aromatic carbocycles. The minimum absolute atomic E-state index is 0.347. The van der Waals surface area contributed by atoms with Crippen LogP contribution in [0.2, 0.25) is 0 Å². The van der Waals surface area contributed by atoms with E-state index in [1.807, 2.05) is 0 Å². The third-order valence-electron chi connectivity index (χ3n) is 0.891. The zero-order valence-corrected chi connectivity index (χ0v) is 4.85. The number of hydrogen-bond donors (Lipinski definition) is 1. The largest absolute Gasteiger partial charge is 0.393 e. The quantitative estimate of drug-likeness (QED) is 0.569. The fourth-order valence-electron chi connectivity index (χ4n) is 0.440. The van der Waals surface area contributed by atoms with Crippen molar-refractivity contribution in [2.75, 3.05) is 0 Å². The van der Waals surface area contributed by atoms with Gasteiger partial charge in [0.15, 0.2) is 0 Å². The second kappa shape index (κ2) is 4.13. The molecule has 43 valence electrons. The van der Waals surface area contributed by atoms with Crippen LogP contribution < -0.4 is 0 Å². The highest BCUT2D eigenvalue weighted by Crippen LogP contribution is 1.96. The van der Waals surface area contributed by atoms with Crippen molar-refractivity contribution >= 4 is 0 Å². The Morgan fingerprint density at radius 1 is 1.71 bits per heavy atom. The second-order valence-corrected chi connectivity index (χ2v) is 1.80. The Morgan fingerprint density at radius 2 is 2.29 bits per heavy atom. The second-order valence-electron chi connectivity index (χ2n) is 1.80. The fraction of sp³-hybridized carbons (Fsp3) is 0.833. The zero-order valence-electron chi connectivity index (χ0n) is 4.85. The molecule has 1 N–H and O–H groups in total. The maximum absolute atomic E-state index is 8.57. The monoisotopic (exact) mass is 101 g/mol. The van der Waals surface area contributed by atoms with Gasteiger partial charge in [0, 0.05) is 0 Å². The van der Waals surface area contributed by atoms with E-state index in [-0.39, 0.29) is 6.10 Å². The van der Waals surface area contributed by atoms with Crippen LogP contribution in [0.5, 0.6) is 0 Å². The lowest BCUT2D eigenvalue weighted by Gasteiger charge is -1.98. The molecule has 0 heterocycles. The molecular formula is C6H13O. The van der Waals surface area contributed by atoms with Gasteiger partial charge < -0.3 is 5.11 Å². The third-order valence-corrected chi connectivity index (χ3v) is 0.891. The van der Waals surface area contributed by atoms with Crippen molar-refractivity contribution in [3.8, 4) is 0 Å². The SMILES string of the molecule is [CH2][C@@H](O)CCCC. The third kappa shape index (κ3) is 5.96. The molecule has 0 saturated heterocycles. The van der Waals surface area contributed by atoms with Crippen LogP contribution >= 0.6 is 0 Å². The van der Waals surface area contributed by atoms with Crippen molar-refractivity contribution in [2.45, 2.75) is 32.3 Å². The van der Waals surface area contributed by atoms with Crippen LogP contribution in [0.25, 0.3) is 0 Å². The Kier molecular flexibility index (Phi) is 4.10. The Balaban J connectivity index is 2.68. The van der Waals surface area contributed by atoms with E-state index in [9.17, 15) is 0 Å². The van der Waals surface area contributed by atoms with E-state index in [4.69, 9.17) is 5.11 Å². The molecule has 0 rings (SSSR count). The molecule has 1 atom stereocenters. The van der Waals surface area contributed by atoms with Gasteiger partial charge in [-0.1, -0.05) is 19.8 Å². The number of aliphatic hydroxyl groups excluding tert-OH is 1. The highest BCUT2D eigenvalue weighted by Gasteiger charge is 1.90. The van der Waals surface area contributed by atoms with Gasteiger partial charge in [-0.15, -0.1) is 0 Å². The zero-order chi connectivity index (χ0) is 5.70. The molecule has 1 radical (unpaired) electrons. The Morgan fingerprint density at radius 3 is 2.43 bits per heavy atom. The molecule has 0 aliphatic rings. The molecule has 0 aromatic rings. The van der Waals surface area contributed by atoms with Crippen LogP contribution in [-0.2, 0) is 0 Å². The molecule has 0 bridgehead atoms. The van der Waals surface area contributed by atoms with E-state index in [2.05, 4.69) is 13.8 Å². The molecule has 1 nitrogen and oxygen atoms in total. The van der Waals surface area contributed by atoms with Crippen molar-refractivity contribution in [2.24, 2.45) is 0 Å². The average molecular weight is 101 g/mol. The number of unbranched alkanes of at least 4 members (excludes halogenated alkanes) is 1. The standard InChI is InChI=1S/C6H13O/c1-3-4-5-6(2)7/h6-7H,2-5H2,1H3/t6-/m1/s1. The van der Waals surface area contributed by atoms with Crippen LogP contribution in [-0.4, -0.2) is 11.2 Å². The highest BCUT2D eigenvalue weighted by molar-refractivity contribution is 4.54. The number of hydrogen-bond acceptors (Lipinski definition) is 1.